The van der Waals surface area contributed by atoms with Gasteiger partial charge in [-0.15, -0.1) is 0 Å². The van der Waals surface area contributed by atoms with Crippen LogP contribution in [0, 0.1) is 0 Å². The molecule has 0 saturated carbocycles. The van der Waals surface area contributed by atoms with Crippen LogP contribution in [-0.2, 0) is 36.5 Å². The van der Waals surface area contributed by atoms with Gasteiger partial charge in [-0.1, -0.05) is 54.6 Å². The molecule has 194 valence electrons. The van der Waals surface area contributed by atoms with E-state index in [1.165, 1.54) is 38.9 Å². The Hall–Kier alpha value is -3.28. The Kier molecular flexibility index (Phi) is 4.70. The van der Waals surface area contributed by atoms with Crippen molar-refractivity contribution in [3.8, 4) is 11.5 Å². The summed E-state index contributed by atoms with van der Waals surface area (Å²) in [6, 6.07) is 23.8. The Morgan fingerprint density at radius 1 is 1.05 bits per heavy atom. The van der Waals surface area contributed by atoms with Crippen LogP contribution in [0.15, 0.2) is 66.7 Å². The van der Waals surface area contributed by atoms with Gasteiger partial charge in [0.25, 0.3) is 0 Å². The minimum absolute atomic E-state index is 0.184. The highest BCUT2D eigenvalue weighted by Crippen LogP contribution is 2.70. The van der Waals surface area contributed by atoms with E-state index in [0.717, 1.165) is 38.8 Å². The molecule has 2 aliphatic heterocycles. The predicted octanol–water partition coefficient (Wildman–Crippen LogP) is 5.46. The second-order valence-corrected chi connectivity index (χ2v) is 11.6. The van der Waals surface area contributed by atoms with Crippen LogP contribution in [0.1, 0.15) is 47.4 Å². The first kappa shape index (κ1) is 22.7. The number of aromatic hydroxyl groups is 1. The lowest BCUT2D eigenvalue weighted by Crippen LogP contribution is -2.75. The summed E-state index contributed by atoms with van der Waals surface area (Å²) >= 11 is 0. The highest BCUT2D eigenvalue weighted by atomic mass is 16.5. The average molecular weight is 507 g/mol. The highest BCUT2D eigenvalue weighted by Gasteiger charge is 2.74. The number of hydrogen-bond acceptors (Lipinski definition) is 4. The van der Waals surface area contributed by atoms with Crippen molar-refractivity contribution in [1.29, 1.82) is 0 Å². The lowest BCUT2D eigenvalue weighted by Gasteiger charge is -2.64. The highest BCUT2D eigenvalue weighted by molar-refractivity contribution is 5.87. The van der Waals surface area contributed by atoms with Gasteiger partial charge in [0.2, 0.25) is 0 Å². The van der Waals surface area contributed by atoms with Crippen LogP contribution in [0.3, 0.4) is 0 Å². The number of phenols is 1. The Balaban J connectivity index is 1.36. The zero-order chi connectivity index (χ0) is 25.6. The van der Waals surface area contributed by atoms with Gasteiger partial charge in [-0.25, -0.2) is 0 Å². The van der Waals surface area contributed by atoms with E-state index in [1.807, 2.05) is 6.07 Å². The lowest BCUT2D eigenvalue weighted by molar-refractivity contribution is -0.202. The van der Waals surface area contributed by atoms with Gasteiger partial charge in [0.05, 0.1) is 11.1 Å². The fourth-order valence-electron chi connectivity index (χ4n) is 8.77. The molecule has 38 heavy (non-hydrogen) atoms. The summed E-state index contributed by atoms with van der Waals surface area (Å²) in [5.74, 6) is 0.939. The molecule has 1 saturated heterocycles. The topological polar surface area (TPSA) is 46.9 Å². The molecule has 1 aromatic heterocycles. The maximum absolute atomic E-state index is 11.1. The van der Waals surface area contributed by atoms with Crippen molar-refractivity contribution >= 4 is 10.9 Å². The normalized spacial score (nSPS) is 28.7. The number of hydrogen-bond donors (Lipinski definition) is 1. The molecule has 1 N–H and O–H groups in total. The predicted molar refractivity (Wildman–Crippen MR) is 148 cm³/mol. The van der Waals surface area contributed by atoms with Crippen LogP contribution >= 0.6 is 0 Å². The summed E-state index contributed by atoms with van der Waals surface area (Å²) in [4.78, 5) is 2.70. The number of aryl methyl sites for hydroxylation is 1. The van der Waals surface area contributed by atoms with Gasteiger partial charge in [-0.05, 0) is 61.6 Å². The number of phenolic OH excluding ortho intramolecular Hbond substituents is 1. The summed E-state index contributed by atoms with van der Waals surface area (Å²) in [7, 11) is 2.17. The molecule has 3 aromatic carbocycles. The van der Waals surface area contributed by atoms with Gasteiger partial charge in [-0.2, -0.15) is 0 Å². The zero-order valence-electron chi connectivity index (χ0n) is 22.1. The molecule has 0 radical (unpaired) electrons. The first-order valence-electron chi connectivity index (χ1n) is 14.1. The summed E-state index contributed by atoms with van der Waals surface area (Å²) in [6.45, 7) is 4.80. The van der Waals surface area contributed by atoms with E-state index in [0.29, 0.717) is 12.4 Å². The fourth-order valence-corrected chi connectivity index (χ4v) is 8.77. The minimum Gasteiger partial charge on any atom is -0.504 e. The number of piperidine rings is 1. The number of rotatable bonds is 5. The average Bonchev–Trinajstić information content (AvgIpc) is 3.42. The van der Waals surface area contributed by atoms with Crippen LogP contribution < -0.4 is 4.74 Å². The monoisotopic (exact) mass is 506 g/mol. The molecule has 2 aliphatic carbocycles. The van der Waals surface area contributed by atoms with Crippen molar-refractivity contribution in [3.05, 3.63) is 94.7 Å². The molecule has 2 bridgehead atoms. The quantitative estimate of drug-likeness (QED) is 0.391. The number of ether oxygens (including phenoxy) is 2. The molecule has 3 heterocycles. The van der Waals surface area contributed by atoms with Crippen LogP contribution in [0.4, 0.5) is 0 Å². The molecule has 0 amide bonds. The van der Waals surface area contributed by atoms with E-state index in [1.54, 1.807) is 0 Å². The molecule has 1 spiro atoms. The number of likely N-dealkylation sites (tertiary alicyclic amines) is 1. The standard InChI is InChI=1S/C33H34N2O3/c1-3-37-33-20-24-23-11-7-8-12-25(23)34(2)29(24)31-32(33)16-18-35(17-15-21-9-5-4-6-10-21)27(33)19-22-13-14-26(36)30(38-31)28(22)32/h4-14,27,31,36H,3,15-20H2,1-2H3/t27-,31+,32+,33-/m1/s1. The fraction of sp³-hybridized carbons (Fsp3) is 0.394. The van der Waals surface area contributed by atoms with Crippen LogP contribution in [-0.4, -0.2) is 45.9 Å². The molecule has 4 aliphatic rings. The molecular formula is C33H34N2O3. The Morgan fingerprint density at radius 2 is 1.87 bits per heavy atom. The van der Waals surface area contributed by atoms with E-state index in [4.69, 9.17) is 9.47 Å². The molecule has 1 fully saturated rings. The minimum atomic E-state index is -0.426. The molecule has 4 aromatic rings. The molecule has 5 nitrogen and oxygen atoms in total. The van der Waals surface area contributed by atoms with Crippen LogP contribution in [0.25, 0.3) is 10.9 Å². The Morgan fingerprint density at radius 3 is 2.71 bits per heavy atom. The van der Waals surface area contributed by atoms with E-state index in [-0.39, 0.29) is 23.3 Å². The zero-order valence-corrected chi connectivity index (χ0v) is 22.1. The Bertz CT molecular complexity index is 1580. The molecule has 0 unspecified atom stereocenters. The Labute approximate surface area is 223 Å². The number of nitrogens with zero attached hydrogens (tertiary/aromatic N) is 2. The number of para-hydroxylation sites is 1. The number of fused-ring (bicyclic) bond motifs is 4. The van der Waals surface area contributed by atoms with Crippen molar-refractivity contribution in [2.45, 2.75) is 55.8 Å². The largest absolute Gasteiger partial charge is 0.504 e. The molecule has 5 heteroatoms. The molecule has 8 rings (SSSR count). The maximum atomic E-state index is 11.1. The summed E-state index contributed by atoms with van der Waals surface area (Å²) in [5.41, 5.74) is 6.99. The smallest absolute Gasteiger partial charge is 0.166 e. The van der Waals surface area contributed by atoms with Gasteiger partial charge in [-0.3, -0.25) is 4.90 Å². The third-order valence-corrected chi connectivity index (χ3v) is 10.2. The van der Waals surface area contributed by atoms with Crippen molar-refractivity contribution < 1.29 is 14.6 Å². The van der Waals surface area contributed by atoms with Gasteiger partial charge >= 0.3 is 0 Å². The second-order valence-electron chi connectivity index (χ2n) is 11.6. The molecular weight excluding hydrogens is 472 g/mol. The van der Waals surface area contributed by atoms with E-state index < -0.39 is 5.60 Å². The number of aromatic nitrogens is 1. The third kappa shape index (κ3) is 2.64. The van der Waals surface area contributed by atoms with Crippen molar-refractivity contribution in [3.63, 3.8) is 0 Å². The van der Waals surface area contributed by atoms with Crippen molar-refractivity contribution in [2.75, 3.05) is 19.7 Å². The van der Waals surface area contributed by atoms with Crippen LogP contribution in [0.2, 0.25) is 0 Å². The first-order chi connectivity index (χ1) is 18.6. The lowest BCUT2D eigenvalue weighted by atomic mass is 9.48. The van der Waals surface area contributed by atoms with Gasteiger partial charge in [0.15, 0.2) is 17.6 Å². The SMILES string of the molecule is CCO[C@@]12Cc3c(n(C)c4ccccc34)[C@@H]3Oc4c(O)ccc5c4[C@@]31CCN(CCc1ccccc1)[C@@H]2C5. The number of benzene rings is 3. The van der Waals surface area contributed by atoms with Gasteiger partial charge in [0, 0.05) is 49.1 Å². The third-order valence-electron chi connectivity index (χ3n) is 10.2. The summed E-state index contributed by atoms with van der Waals surface area (Å²) < 4.78 is 16.4. The maximum Gasteiger partial charge on any atom is 0.166 e. The van der Waals surface area contributed by atoms with E-state index >= 15 is 0 Å². The summed E-state index contributed by atoms with van der Waals surface area (Å²) in [5, 5.41) is 12.4. The van der Waals surface area contributed by atoms with Gasteiger partial charge < -0.3 is 19.1 Å². The second kappa shape index (κ2) is 7.87. The van der Waals surface area contributed by atoms with Crippen molar-refractivity contribution in [2.24, 2.45) is 7.05 Å². The van der Waals surface area contributed by atoms with Crippen molar-refractivity contribution in [1.82, 2.24) is 9.47 Å². The molecule has 4 atom stereocenters. The van der Waals surface area contributed by atoms with E-state index in [9.17, 15) is 5.11 Å². The van der Waals surface area contributed by atoms with Gasteiger partial charge in [0.1, 0.15) is 5.60 Å². The first-order valence-corrected chi connectivity index (χ1v) is 14.1. The summed E-state index contributed by atoms with van der Waals surface area (Å²) in [6.07, 6.45) is 3.57. The van der Waals surface area contributed by atoms with E-state index in [2.05, 4.69) is 84.1 Å². The van der Waals surface area contributed by atoms with Crippen LogP contribution in [0.5, 0.6) is 11.5 Å².